The lowest BCUT2D eigenvalue weighted by Gasteiger charge is -2.14. The van der Waals surface area contributed by atoms with E-state index in [2.05, 4.69) is 21.2 Å². The third kappa shape index (κ3) is 5.59. The Kier molecular flexibility index (Phi) is 7.21. The minimum atomic E-state index is -0.371. The number of nitrogens with one attached hydrogen (secondary N) is 1. The standard InChI is InChI=1S/C20H22BrNO4/c1-4-11-25-20(24)14-5-8-16(9-6-14)22-19(23)17-12-15(21)7-10-18(17)26-13(2)3/h5-10,12-13H,4,11H2,1-3H3,(H,22,23). The van der Waals surface area contributed by atoms with Gasteiger partial charge in [0.15, 0.2) is 0 Å². The molecule has 0 saturated heterocycles. The van der Waals surface area contributed by atoms with Crippen molar-refractivity contribution in [2.24, 2.45) is 0 Å². The second-order valence-electron chi connectivity index (χ2n) is 5.97. The SMILES string of the molecule is CCCOC(=O)c1ccc(NC(=O)c2cc(Br)ccc2OC(C)C)cc1. The van der Waals surface area contributed by atoms with E-state index in [1.165, 1.54) is 0 Å². The number of anilines is 1. The van der Waals surface area contributed by atoms with Gasteiger partial charge >= 0.3 is 5.97 Å². The van der Waals surface area contributed by atoms with Gasteiger partial charge in [-0.2, -0.15) is 0 Å². The van der Waals surface area contributed by atoms with Crippen molar-refractivity contribution >= 4 is 33.5 Å². The molecule has 2 aromatic carbocycles. The molecule has 2 rings (SSSR count). The molecule has 1 amide bonds. The first kappa shape index (κ1) is 20.0. The van der Waals surface area contributed by atoms with Gasteiger partial charge in [0.25, 0.3) is 5.91 Å². The van der Waals surface area contributed by atoms with E-state index in [1.54, 1.807) is 36.4 Å². The number of rotatable bonds is 7. The van der Waals surface area contributed by atoms with Crippen molar-refractivity contribution in [1.82, 2.24) is 0 Å². The highest BCUT2D eigenvalue weighted by Crippen LogP contribution is 2.25. The Hall–Kier alpha value is -2.34. The third-order valence-electron chi connectivity index (χ3n) is 3.36. The minimum Gasteiger partial charge on any atom is -0.490 e. The average molecular weight is 420 g/mol. The van der Waals surface area contributed by atoms with E-state index in [9.17, 15) is 9.59 Å². The van der Waals surface area contributed by atoms with Gasteiger partial charge in [-0.05, 0) is 62.7 Å². The van der Waals surface area contributed by atoms with E-state index in [1.807, 2.05) is 26.8 Å². The number of hydrogen-bond donors (Lipinski definition) is 1. The maximum atomic E-state index is 12.6. The Labute approximate surface area is 161 Å². The molecule has 0 bridgehead atoms. The number of carbonyl (C=O) groups excluding carboxylic acids is 2. The van der Waals surface area contributed by atoms with Crippen molar-refractivity contribution in [2.75, 3.05) is 11.9 Å². The molecule has 0 aliphatic carbocycles. The molecule has 138 valence electrons. The van der Waals surface area contributed by atoms with E-state index < -0.39 is 0 Å². The molecule has 2 aromatic rings. The Morgan fingerprint density at radius 2 is 1.81 bits per heavy atom. The molecule has 0 aromatic heterocycles. The Balaban J connectivity index is 2.12. The topological polar surface area (TPSA) is 64.6 Å². The normalized spacial score (nSPS) is 10.5. The van der Waals surface area contributed by atoms with Gasteiger partial charge in [-0.1, -0.05) is 22.9 Å². The van der Waals surface area contributed by atoms with Crippen molar-refractivity contribution in [2.45, 2.75) is 33.3 Å². The molecule has 0 fully saturated rings. The number of hydrogen-bond acceptors (Lipinski definition) is 4. The first-order valence-corrected chi connectivity index (χ1v) is 9.24. The summed E-state index contributed by atoms with van der Waals surface area (Å²) in [5.74, 6) is -0.145. The average Bonchev–Trinajstić information content (AvgIpc) is 2.61. The lowest BCUT2D eigenvalue weighted by atomic mass is 10.1. The van der Waals surface area contributed by atoms with Crippen LogP contribution in [0.25, 0.3) is 0 Å². The van der Waals surface area contributed by atoms with E-state index in [-0.39, 0.29) is 18.0 Å². The van der Waals surface area contributed by atoms with Crippen molar-refractivity contribution in [1.29, 1.82) is 0 Å². The zero-order valence-corrected chi connectivity index (χ0v) is 16.6. The van der Waals surface area contributed by atoms with Crippen LogP contribution in [0.15, 0.2) is 46.9 Å². The van der Waals surface area contributed by atoms with Crippen molar-refractivity contribution in [3.05, 3.63) is 58.1 Å². The fraction of sp³-hybridized carbons (Fsp3) is 0.300. The molecule has 5 nitrogen and oxygen atoms in total. The maximum Gasteiger partial charge on any atom is 0.338 e. The van der Waals surface area contributed by atoms with Gasteiger partial charge in [0, 0.05) is 10.2 Å². The molecular weight excluding hydrogens is 398 g/mol. The van der Waals surface area contributed by atoms with E-state index in [0.29, 0.717) is 29.2 Å². The van der Waals surface area contributed by atoms with Gasteiger partial charge in [-0.3, -0.25) is 4.79 Å². The van der Waals surface area contributed by atoms with Gasteiger partial charge in [0.05, 0.1) is 23.8 Å². The summed E-state index contributed by atoms with van der Waals surface area (Å²) in [6, 6.07) is 11.9. The largest absolute Gasteiger partial charge is 0.490 e. The summed E-state index contributed by atoms with van der Waals surface area (Å²) in [6.45, 7) is 6.13. The smallest absolute Gasteiger partial charge is 0.338 e. The zero-order valence-electron chi connectivity index (χ0n) is 15.0. The van der Waals surface area contributed by atoms with Crippen LogP contribution >= 0.6 is 15.9 Å². The van der Waals surface area contributed by atoms with E-state index >= 15 is 0 Å². The number of benzene rings is 2. The molecule has 0 aliphatic heterocycles. The quantitative estimate of drug-likeness (QED) is 0.637. The van der Waals surface area contributed by atoms with Crippen LogP contribution in [0.1, 0.15) is 47.9 Å². The molecule has 0 aliphatic rings. The summed E-state index contributed by atoms with van der Waals surface area (Å²) in [7, 11) is 0. The highest BCUT2D eigenvalue weighted by Gasteiger charge is 2.15. The fourth-order valence-corrected chi connectivity index (χ4v) is 2.56. The molecular formula is C20H22BrNO4. The molecule has 0 heterocycles. The summed E-state index contributed by atoms with van der Waals surface area (Å²) in [4.78, 5) is 24.4. The Bertz CT molecular complexity index is 772. The predicted molar refractivity (Wildman–Crippen MR) is 105 cm³/mol. The summed E-state index contributed by atoms with van der Waals surface area (Å²) in [6.07, 6.45) is 0.726. The van der Waals surface area contributed by atoms with Crippen LogP contribution in [0.4, 0.5) is 5.69 Å². The monoisotopic (exact) mass is 419 g/mol. The maximum absolute atomic E-state index is 12.6. The predicted octanol–water partition coefficient (Wildman–Crippen LogP) is 5.06. The Morgan fingerprint density at radius 3 is 2.42 bits per heavy atom. The molecule has 0 spiro atoms. The van der Waals surface area contributed by atoms with Crippen LogP contribution in [-0.2, 0) is 4.74 Å². The number of halogens is 1. The van der Waals surface area contributed by atoms with Crippen LogP contribution in [-0.4, -0.2) is 24.6 Å². The third-order valence-corrected chi connectivity index (χ3v) is 3.86. The van der Waals surface area contributed by atoms with Crippen LogP contribution in [0.3, 0.4) is 0 Å². The molecule has 1 N–H and O–H groups in total. The second kappa shape index (κ2) is 9.38. The number of amides is 1. The summed E-state index contributed by atoms with van der Waals surface area (Å²) in [5, 5.41) is 2.82. The van der Waals surface area contributed by atoms with Gasteiger partial charge in [0.2, 0.25) is 0 Å². The van der Waals surface area contributed by atoms with E-state index in [4.69, 9.17) is 9.47 Å². The van der Waals surface area contributed by atoms with Gasteiger partial charge in [-0.25, -0.2) is 4.79 Å². The first-order chi connectivity index (χ1) is 12.4. The molecule has 6 heteroatoms. The Morgan fingerprint density at radius 1 is 1.12 bits per heavy atom. The number of ether oxygens (including phenoxy) is 2. The zero-order chi connectivity index (χ0) is 19.1. The summed E-state index contributed by atoms with van der Waals surface area (Å²) >= 11 is 3.38. The summed E-state index contributed by atoms with van der Waals surface area (Å²) in [5.41, 5.74) is 1.46. The van der Waals surface area contributed by atoms with Crippen LogP contribution < -0.4 is 10.1 Å². The number of esters is 1. The lowest BCUT2D eigenvalue weighted by Crippen LogP contribution is -2.16. The lowest BCUT2D eigenvalue weighted by molar-refractivity contribution is 0.0505. The van der Waals surface area contributed by atoms with Crippen molar-refractivity contribution < 1.29 is 19.1 Å². The molecule has 0 radical (unpaired) electrons. The molecule has 0 saturated carbocycles. The fourth-order valence-electron chi connectivity index (χ4n) is 2.20. The molecule has 26 heavy (non-hydrogen) atoms. The van der Waals surface area contributed by atoms with Gasteiger partial charge < -0.3 is 14.8 Å². The van der Waals surface area contributed by atoms with E-state index in [0.717, 1.165) is 10.9 Å². The molecule has 0 unspecified atom stereocenters. The summed E-state index contributed by atoms with van der Waals surface area (Å²) < 4.78 is 11.6. The minimum absolute atomic E-state index is 0.0452. The van der Waals surface area contributed by atoms with Crippen LogP contribution in [0.2, 0.25) is 0 Å². The highest BCUT2D eigenvalue weighted by atomic mass is 79.9. The first-order valence-electron chi connectivity index (χ1n) is 8.45. The van der Waals surface area contributed by atoms with Crippen LogP contribution in [0.5, 0.6) is 5.75 Å². The van der Waals surface area contributed by atoms with Crippen LogP contribution in [0, 0.1) is 0 Å². The second-order valence-corrected chi connectivity index (χ2v) is 6.89. The highest BCUT2D eigenvalue weighted by molar-refractivity contribution is 9.10. The van der Waals surface area contributed by atoms with Gasteiger partial charge in [-0.15, -0.1) is 0 Å². The molecule has 0 atom stereocenters. The van der Waals surface area contributed by atoms with Crippen molar-refractivity contribution in [3.63, 3.8) is 0 Å². The number of carbonyl (C=O) groups is 2. The van der Waals surface area contributed by atoms with Crippen molar-refractivity contribution in [3.8, 4) is 5.75 Å². The van der Waals surface area contributed by atoms with Gasteiger partial charge in [0.1, 0.15) is 5.75 Å².